The summed E-state index contributed by atoms with van der Waals surface area (Å²) in [5.74, 6) is -1.20. The summed E-state index contributed by atoms with van der Waals surface area (Å²) in [6.45, 7) is 0. The molecule has 0 aromatic heterocycles. The predicted octanol–water partition coefficient (Wildman–Crippen LogP) is 3.41. The Morgan fingerprint density at radius 3 is 2.76 bits per heavy atom. The summed E-state index contributed by atoms with van der Waals surface area (Å²) in [6.07, 6.45) is 1.59. The molecule has 1 N–H and O–H groups in total. The van der Waals surface area contributed by atoms with E-state index in [0.717, 1.165) is 12.8 Å². The van der Waals surface area contributed by atoms with Gasteiger partial charge in [-0.2, -0.15) is 8.78 Å². The molecule has 2 nitrogen and oxygen atoms in total. The van der Waals surface area contributed by atoms with Crippen LogP contribution in [-0.2, 0) is 4.79 Å². The lowest BCUT2D eigenvalue weighted by atomic mass is 10.4. The van der Waals surface area contributed by atoms with Gasteiger partial charge in [0.15, 0.2) is 0 Å². The smallest absolute Gasteiger partial charge is 0.347 e. The van der Waals surface area contributed by atoms with Crippen LogP contribution < -0.4 is 5.32 Å². The molecule has 0 spiro atoms. The Morgan fingerprint density at radius 2 is 2.18 bits per heavy atom. The van der Waals surface area contributed by atoms with Crippen molar-refractivity contribution in [3.05, 3.63) is 28.7 Å². The molecule has 17 heavy (non-hydrogen) atoms. The van der Waals surface area contributed by atoms with Crippen molar-refractivity contribution < 1.29 is 13.6 Å². The van der Waals surface area contributed by atoms with Gasteiger partial charge < -0.3 is 5.32 Å². The van der Waals surface area contributed by atoms with Crippen molar-refractivity contribution in [2.45, 2.75) is 29.0 Å². The van der Waals surface area contributed by atoms with Gasteiger partial charge in [0, 0.05) is 15.4 Å². The van der Waals surface area contributed by atoms with E-state index in [4.69, 9.17) is 0 Å². The van der Waals surface area contributed by atoms with Crippen molar-refractivity contribution in [1.29, 1.82) is 0 Å². The number of carbonyl (C=O) groups is 1. The van der Waals surface area contributed by atoms with E-state index in [1.54, 1.807) is 24.3 Å². The zero-order chi connectivity index (χ0) is 12.5. The van der Waals surface area contributed by atoms with Crippen LogP contribution >= 0.6 is 27.7 Å². The van der Waals surface area contributed by atoms with E-state index in [1.807, 2.05) is 0 Å². The van der Waals surface area contributed by atoms with Crippen LogP contribution in [0, 0.1) is 0 Å². The van der Waals surface area contributed by atoms with Crippen LogP contribution in [0.4, 0.5) is 8.78 Å². The quantitative estimate of drug-likeness (QED) is 0.861. The maximum absolute atomic E-state index is 13.6. The van der Waals surface area contributed by atoms with Gasteiger partial charge in [0.05, 0.1) is 0 Å². The van der Waals surface area contributed by atoms with E-state index < -0.39 is 11.2 Å². The summed E-state index contributed by atoms with van der Waals surface area (Å²) in [6, 6.07) is 6.45. The number of halogens is 3. The van der Waals surface area contributed by atoms with Gasteiger partial charge in [-0.3, -0.25) is 4.79 Å². The minimum Gasteiger partial charge on any atom is -0.347 e. The molecule has 0 bridgehead atoms. The summed E-state index contributed by atoms with van der Waals surface area (Å²) >= 11 is 3.46. The van der Waals surface area contributed by atoms with Crippen LogP contribution in [0.3, 0.4) is 0 Å². The molecule has 1 aliphatic carbocycles. The molecule has 92 valence electrons. The molecule has 1 aromatic rings. The van der Waals surface area contributed by atoms with Gasteiger partial charge in [0.1, 0.15) is 0 Å². The molecule has 1 saturated carbocycles. The van der Waals surface area contributed by atoms with E-state index in [0.29, 0.717) is 9.37 Å². The number of amides is 1. The highest BCUT2D eigenvalue weighted by Crippen LogP contribution is 2.37. The molecule has 2 rings (SSSR count). The number of hydrogen-bond acceptors (Lipinski definition) is 2. The standard InChI is InChI=1S/C11H10BrF2NOS/c12-7-2-1-3-9(6-7)17-11(13,14)10(16)15-8-4-5-8/h1-3,6,8H,4-5H2,(H,15,16). The van der Waals surface area contributed by atoms with Crippen molar-refractivity contribution in [1.82, 2.24) is 5.32 Å². The molecule has 1 aliphatic rings. The summed E-state index contributed by atoms with van der Waals surface area (Å²) in [7, 11) is 0. The Morgan fingerprint density at radius 1 is 1.47 bits per heavy atom. The fraction of sp³-hybridized carbons (Fsp3) is 0.364. The number of alkyl halides is 2. The Hall–Kier alpha value is -0.620. The first kappa shape index (κ1) is 12.8. The molecular weight excluding hydrogens is 312 g/mol. The molecule has 0 heterocycles. The first-order chi connectivity index (χ1) is 7.97. The molecule has 0 saturated heterocycles. The number of carbonyl (C=O) groups excluding carboxylic acids is 1. The van der Waals surface area contributed by atoms with Crippen LogP contribution in [0.15, 0.2) is 33.6 Å². The Kier molecular flexibility index (Phi) is 3.73. The summed E-state index contributed by atoms with van der Waals surface area (Å²) < 4.78 is 27.8. The number of nitrogens with one attached hydrogen (secondary N) is 1. The highest BCUT2D eigenvalue weighted by atomic mass is 79.9. The van der Waals surface area contributed by atoms with E-state index in [-0.39, 0.29) is 17.8 Å². The van der Waals surface area contributed by atoms with Crippen LogP contribution in [0.2, 0.25) is 0 Å². The monoisotopic (exact) mass is 321 g/mol. The first-order valence-corrected chi connectivity index (χ1v) is 6.72. The summed E-state index contributed by atoms with van der Waals surface area (Å²) in [5, 5.41) is -1.12. The predicted molar refractivity (Wildman–Crippen MR) is 66.1 cm³/mol. The second kappa shape index (κ2) is 4.94. The fourth-order valence-electron chi connectivity index (χ4n) is 1.22. The van der Waals surface area contributed by atoms with Crippen molar-refractivity contribution in [3.63, 3.8) is 0 Å². The minimum atomic E-state index is -3.43. The molecule has 1 amide bonds. The van der Waals surface area contributed by atoms with Gasteiger partial charge in [-0.25, -0.2) is 0 Å². The third kappa shape index (κ3) is 3.67. The molecule has 6 heteroatoms. The molecule has 0 radical (unpaired) electrons. The van der Waals surface area contributed by atoms with Gasteiger partial charge in [0.2, 0.25) is 0 Å². The number of rotatable bonds is 4. The molecular formula is C11H10BrF2NOS. The van der Waals surface area contributed by atoms with Crippen molar-refractivity contribution >= 4 is 33.6 Å². The number of thioether (sulfide) groups is 1. The van der Waals surface area contributed by atoms with Crippen molar-refractivity contribution in [2.24, 2.45) is 0 Å². The Bertz CT molecular complexity index is 437. The lowest BCUT2D eigenvalue weighted by Gasteiger charge is -2.15. The van der Waals surface area contributed by atoms with E-state index >= 15 is 0 Å². The average Bonchev–Trinajstić information content (AvgIpc) is 3.00. The van der Waals surface area contributed by atoms with Crippen LogP contribution in [0.25, 0.3) is 0 Å². The van der Waals surface area contributed by atoms with Crippen LogP contribution in [0.5, 0.6) is 0 Å². The van der Waals surface area contributed by atoms with Crippen LogP contribution in [0.1, 0.15) is 12.8 Å². The molecule has 0 aliphatic heterocycles. The largest absolute Gasteiger partial charge is 0.374 e. The minimum absolute atomic E-state index is 0.0588. The first-order valence-electron chi connectivity index (χ1n) is 5.11. The highest BCUT2D eigenvalue weighted by molar-refractivity contribution is 9.10. The van der Waals surface area contributed by atoms with Crippen molar-refractivity contribution in [2.75, 3.05) is 0 Å². The maximum atomic E-state index is 13.6. The third-order valence-corrected chi connectivity index (χ3v) is 3.64. The second-order valence-corrected chi connectivity index (χ2v) is 5.93. The lowest BCUT2D eigenvalue weighted by Crippen LogP contribution is -2.38. The highest BCUT2D eigenvalue weighted by Gasteiger charge is 2.42. The van der Waals surface area contributed by atoms with Crippen LogP contribution in [-0.4, -0.2) is 17.2 Å². The van der Waals surface area contributed by atoms with Gasteiger partial charge in [-0.15, -0.1) is 0 Å². The zero-order valence-corrected chi connectivity index (χ0v) is 11.2. The normalized spacial score (nSPS) is 15.7. The zero-order valence-electron chi connectivity index (χ0n) is 8.75. The van der Waals surface area contributed by atoms with E-state index in [2.05, 4.69) is 21.2 Å². The summed E-state index contributed by atoms with van der Waals surface area (Å²) in [4.78, 5) is 11.7. The summed E-state index contributed by atoms with van der Waals surface area (Å²) in [5.41, 5.74) is 0. The Labute approximate surface area is 110 Å². The maximum Gasteiger partial charge on any atom is 0.374 e. The Balaban J connectivity index is 2.02. The third-order valence-electron chi connectivity index (χ3n) is 2.22. The van der Waals surface area contributed by atoms with Gasteiger partial charge in [0.25, 0.3) is 0 Å². The number of benzene rings is 1. The lowest BCUT2D eigenvalue weighted by molar-refractivity contribution is -0.135. The van der Waals surface area contributed by atoms with Crippen molar-refractivity contribution in [3.8, 4) is 0 Å². The van der Waals surface area contributed by atoms with E-state index in [1.165, 1.54) is 0 Å². The van der Waals surface area contributed by atoms with Gasteiger partial charge in [-0.05, 0) is 42.8 Å². The van der Waals surface area contributed by atoms with Gasteiger partial charge in [-0.1, -0.05) is 22.0 Å². The molecule has 1 fully saturated rings. The van der Waals surface area contributed by atoms with E-state index in [9.17, 15) is 13.6 Å². The average molecular weight is 322 g/mol. The molecule has 0 unspecified atom stereocenters. The topological polar surface area (TPSA) is 29.1 Å². The second-order valence-electron chi connectivity index (χ2n) is 3.82. The molecule has 0 atom stereocenters. The molecule has 1 aromatic carbocycles. The number of hydrogen-bond donors (Lipinski definition) is 1. The fourth-order valence-corrected chi connectivity index (χ4v) is 2.55. The van der Waals surface area contributed by atoms with Gasteiger partial charge >= 0.3 is 11.2 Å². The SMILES string of the molecule is O=C(NC1CC1)C(F)(F)Sc1cccc(Br)c1.